The summed E-state index contributed by atoms with van der Waals surface area (Å²) in [5.41, 5.74) is 0.288. The molecule has 3 saturated heterocycles. The van der Waals surface area contributed by atoms with Gasteiger partial charge in [0.25, 0.3) is 0 Å². The van der Waals surface area contributed by atoms with E-state index >= 15 is 0 Å². The van der Waals surface area contributed by atoms with E-state index in [9.17, 15) is 0 Å². The molecule has 0 aliphatic carbocycles. The Hall–Kier alpha value is -0.160. The van der Waals surface area contributed by atoms with Gasteiger partial charge in [-0.05, 0) is 79.9 Å². The van der Waals surface area contributed by atoms with Crippen molar-refractivity contribution in [1.82, 2.24) is 19.6 Å². The molecule has 0 aromatic heterocycles. The van der Waals surface area contributed by atoms with Crippen molar-refractivity contribution in [2.45, 2.75) is 83.5 Å². The SMILES string of the molecule is CC(C)N1CCC(N(C)CC(C)(C)N2CCC(N3CCCC3)CC2)C1. The molecule has 4 nitrogen and oxygen atoms in total. The fraction of sp³-hybridized carbons (Fsp3) is 1.00. The molecule has 0 aromatic carbocycles. The maximum absolute atomic E-state index is 2.77. The van der Waals surface area contributed by atoms with Gasteiger partial charge >= 0.3 is 0 Å². The van der Waals surface area contributed by atoms with Crippen LogP contribution in [0.4, 0.5) is 0 Å². The highest BCUT2D eigenvalue weighted by atomic mass is 15.3. The lowest BCUT2D eigenvalue weighted by atomic mass is 9.94. The minimum Gasteiger partial charge on any atom is -0.300 e. The molecule has 3 aliphatic rings. The average Bonchev–Trinajstić information content (AvgIpc) is 3.26. The monoisotopic (exact) mass is 350 g/mol. The van der Waals surface area contributed by atoms with Crippen molar-refractivity contribution in [1.29, 1.82) is 0 Å². The molecule has 3 aliphatic heterocycles. The first-order valence-corrected chi connectivity index (χ1v) is 10.8. The maximum Gasteiger partial charge on any atom is 0.0280 e. The van der Waals surface area contributed by atoms with Crippen molar-refractivity contribution in [2.75, 3.05) is 52.9 Å². The lowest BCUT2D eigenvalue weighted by molar-refractivity contribution is 0.0288. The second kappa shape index (κ2) is 8.24. The molecule has 0 aromatic rings. The van der Waals surface area contributed by atoms with Crippen molar-refractivity contribution < 1.29 is 0 Å². The molecule has 4 heteroatoms. The first-order chi connectivity index (χ1) is 11.9. The summed E-state index contributed by atoms with van der Waals surface area (Å²) >= 11 is 0. The Kier molecular flexibility index (Phi) is 6.46. The van der Waals surface area contributed by atoms with E-state index in [2.05, 4.69) is 54.3 Å². The van der Waals surface area contributed by atoms with E-state index in [4.69, 9.17) is 0 Å². The summed E-state index contributed by atoms with van der Waals surface area (Å²) in [4.78, 5) is 10.8. The zero-order valence-electron chi connectivity index (χ0n) is 17.5. The fourth-order valence-corrected chi connectivity index (χ4v) is 5.38. The predicted octanol–water partition coefficient (Wildman–Crippen LogP) is 2.74. The Labute approximate surface area is 156 Å². The number of likely N-dealkylation sites (N-methyl/N-ethyl adjacent to an activating group) is 1. The van der Waals surface area contributed by atoms with Gasteiger partial charge in [0.2, 0.25) is 0 Å². The van der Waals surface area contributed by atoms with Crippen LogP contribution in [0.15, 0.2) is 0 Å². The second-order valence-corrected chi connectivity index (χ2v) is 9.72. The molecule has 1 atom stereocenters. The van der Waals surface area contributed by atoms with Gasteiger partial charge in [-0.2, -0.15) is 0 Å². The van der Waals surface area contributed by atoms with E-state index in [0.717, 1.165) is 12.1 Å². The van der Waals surface area contributed by atoms with Crippen LogP contribution in [0.2, 0.25) is 0 Å². The minimum atomic E-state index is 0.288. The largest absolute Gasteiger partial charge is 0.300 e. The van der Waals surface area contributed by atoms with Crippen LogP contribution in [0.5, 0.6) is 0 Å². The normalized spacial score (nSPS) is 28.7. The maximum atomic E-state index is 2.77. The third-order valence-electron chi connectivity index (χ3n) is 7.16. The summed E-state index contributed by atoms with van der Waals surface area (Å²) in [6.07, 6.45) is 6.92. The Balaban J connectivity index is 1.47. The number of hydrogen-bond donors (Lipinski definition) is 0. The van der Waals surface area contributed by atoms with Gasteiger partial charge in [0.1, 0.15) is 0 Å². The molecule has 3 fully saturated rings. The predicted molar refractivity (Wildman–Crippen MR) is 107 cm³/mol. The van der Waals surface area contributed by atoms with E-state index in [1.165, 1.54) is 77.9 Å². The van der Waals surface area contributed by atoms with Crippen LogP contribution in [-0.4, -0.2) is 96.1 Å². The summed E-state index contributed by atoms with van der Waals surface area (Å²) < 4.78 is 0. The van der Waals surface area contributed by atoms with Gasteiger partial charge in [-0.15, -0.1) is 0 Å². The van der Waals surface area contributed by atoms with Gasteiger partial charge in [0, 0.05) is 56.4 Å². The molecule has 0 radical (unpaired) electrons. The van der Waals surface area contributed by atoms with Gasteiger partial charge in [-0.1, -0.05) is 0 Å². The molecule has 0 spiro atoms. The van der Waals surface area contributed by atoms with Gasteiger partial charge in [-0.25, -0.2) is 0 Å². The molecule has 0 N–H and O–H groups in total. The molecular formula is C21H42N4. The lowest BCUT2D eigenvalue weighted by Gasteiger charge is -2.46. The Morgan fingerprint density at radius 1 is 0.960 bits per heavy atom. The zero-order valence-corrected chi connectivity index (χ0v) is 17.5. The molecule has 3 rings (SSSR count). The van der Waals surface area contributed by atoms with Gasteiger partial charge in [-0.3, -0.25) is 9.80 Å². The van der Waals surface area contributed by atoms with Crippen molar-refractivity contribution in [3.63, 3.8) is 0 Å². The third-order valence-corrected chi connectivity index (χ3v) is 7.16. The van der Waals surface area contributed by atoms with E-state index in [0.29, 0.717) is 6.04 Å². The summed E-state index contributed by atoms with van der Waals surface area (Å²) in [7, 11) is 2.35. The molecule has 0 bridgehead atoms. The number of hydrogen-bond acceptors (Lipinski definition) is 4. The smallest absolute Gasteiger partial charge is 0.0280 e. The minimum absolute atomic E-state index is 0.288. The lowest BCUT2D eigenvalue weighted by Crippen LogP contribution is -2.57. The zero-order chi connectivity index (χ0) is 18.0. The van der Waals surface area contributed by atoms with Crippen LogP contribution in [-0.2, 0) is 0 Å². The molecule has 0 amide bonds. The highest BCUT2D eigenvalue weighted by Gasteiger charge is 2.36. The summed E-state index contributed by atoms with van der Waals surface area (Å²) in [6.45, 7) is 18.6. The quantitative estimate of drug-likeness (QED) is 0.730. The fourth-order valence-electron chi connectivity index (χ4n) is 5.38. The second-order valence-electron chi connectivity index (χ2n) is 9.72. The van der Waals surface area contributed by atoms with Crippen molar-refractivity contribution in [3.8, 4) is 0 Å². The first kappa shape index (κ1) is 19.6. The van der Waals surface area contributed by atoms with Crippen LogP contribution in [0.1, 0.15) is 59.8 Å². The highest BCUT2D eigenvalue weighted by molar-refractivity contribution is 4.93. The average molecular weight is 351 g/mol. The number of piperidine rings is 1. The Bertz CT molecular complexity index is 408. The van der Waals surface area contributed by atoms with E-state index in [-0.39, 0.29) is 5.54 Å². The summed E-state index contributed by atoms with van der Waals surface area (Å²) in [5.74, 6) is 0. The van der Waals surface area contributed by atoms with Gasteiger partial charge in [0.15, 0.2) is 0 Å². The van der Waals surface area contributed by atoms with Gasteiger partial charge < -0.3 is 9.80 Å². The van der Waals surface area contributed by atoms with Gasteiger partial charge in [0.05, 0.1) is 0 Å². The highest BCUT2D eigenvalue weighted by Crippen LogP contribution is 2.27. The molecule has 0 saturated carbocycles. The van der Waals surface area contributed by atoms with E-state index < -0.39 is 0 Å². The van der Waals surface area contributed by atoms with Crippen molar-refractivity contribution in [2.24, 2.45) is 0 Å². The Morgan fingerprint density at radius 3 is 2.16 bits per heavy atom. The number of nitrogens with zero attached hydrogens (tertiary/aromatic N) is 4. The van der Waals surface area contributed by atoms with Crippen molar-refractivity contribution in [3.05, 3.63) is 0 Å². The molecule has 146 valence electrons. The number of likely N-dealkylation sites (tertiary alicyclic amines) is 3. The summed E-state index contributed by atoms with van der Waals surface area (Å²) in [6, 6.07) is 2.29. The molecule has 3 heterocycles. The molecule has 1 unspecified atom stereocenters. The topological polar surface area (TPSA) is 13.0 Å². The summed E-state index contributed by atoms with van der Waals surface area (Å²) in [5, 5.41) is 0. The van der Waals surface area contributed by atoms with Crippen LogP contribution in [0, 0.1) is 0 Å². The molecule has 25 heavy (non-hydrogen) atoms. The van der Waals surface area contributed by atoms with Crippen molar-refractivity contribution >= 4 is 0 Å². The molecular weight excluding hydrogens is 308 g/mol. The van der Waals surface area contributed by atoms with Crippen LogP contribution in [0.3, 0.4) is 0 Å². The van der Waals surface area contributed by atoms with E-state index in [1.807, 2.05) is 0 Å². The van der Waals surface area contributed by atoms with Crippen LogP contribution >= 0.6 is 0 Å². The van der Waals surface area contributed by atoms with Crippen LogP contribution < -0.4 is 0 Å². The van der Waals surface area contributed by atoms with E-state index in [1.54, 1.807) is 0 Å². The number of rotatable bonds is 6. The third kappa shape index (κ3) is 4.77. The van der Waals surface area contributed by atoms with Crippen LogP contribution in [0.25, 0.3) is 0 Å². The standard InChI is InChI=1S/C21H42N4/c1-18(2)24-13-8-20(16-24)22(5)17-21(3,4)25-14-9-19(10-15-25)23-11-6-7-12-23/h18-20H,6-17H2,1-5H3. The Morgan fingerprint density at radius 2 is 1.60 bits per heavy atom. The first-order valence-electron chi connectivity index (χ1n) is 10.8.